The highest BCUT2D eigenvalue weighted by molar-refractivity contribution is 7.13. The molecule has 3 aromatic rings. The monoisotopic (exact) mass is 533 g/mol. The average Bonchev–Trinajstić information content (AvgIpc) is 3.59. The van der Waals surface area contributed by atoms with Crippen LogP contribution in [0.3, 0.4) is 0 Å². The predicted molar refractivity (Wildman–Crippen MR) is 132 cm³/mol. The van der Waals surface area contributed by atoms with Crippen molar-refractivity contribution in [3.05, 3.63) is 64.9 Å². The third kappa shape index (κ3) is 7.00. The molecular formula is C25H28FN3O7S. The molecule has 0 atom stereocenters. The van der Waals surface area contributed by atoms with Crippen LogP contribution in [0.1, 0.15) is 49.7 Å². The van der Waals surface area contributed by atoms with E-state index < -0.39 is 36.4 Å². The number of aliphatic carboxylic acids is 3. The van der Waals surface area contributed by atoms with Gasteiger partial charge in [0.2, 0.25) is 0 Å². The lowest BCUT2D eigenvalue weighted by Gasteiger charge is -2.31. The second kappa shape index (κ2) is 12.1. The minimum atomic E-state index is -2.74. The second-order valence-corrected chi connectivity index (χ2v) is 9.80. The molecule has 1 saturated carbocycles. The fraction of sp³-hybridized carbons (Fsp3) is 0.360. The Morgan fingerprint density at radius 2 is 1.70 bits per heavy atom. The number of hydrogen-bond donors (Lipinski definition) is 6. The molecule has 2 heterocycles. The summed E-state index contributed by atoms with van der Waals surface area (Å²) in [7, 11) is 0. The Morgan fingerprint density at radius 1 is 1.05 bits per heavy atom. The van der Waals surface area contributed by atoms with E-state index >= 15 is 0 Å². The zero-order chi connectivity index (χ0) is 27.1. The van der Waals surface area contributed by atoms with Crippen LogP contribution in [-0.2, 0) is 26.5 Å². The van der Waals surface area contributed by atoms with Crippen LogP contribution in [0, 0.1) is 5.82 Å². The summed E-state index contributed by atoms with van der Waals surface area (Å²) in [6, 6.07) is 11.3. The van der Waals surface area contributed by atoms with E-state index in [2.05, 4.69) is 27.0 Å². The summed E-state index contributed by atoms with van der Waals surface area (Å²) in [4.78, 5) is 31.7. The molecular weight excluding hydrogens is 505 g/mol. The fourth-order valence-electron chi connectivity index (χ4n) is 4.43. The van der Waals surface area contributed by atoms with Gasteiger partial charge in [-0.1, -0.05) is 37.1 Å². The van der Waals surface area contributed by atoms with Crippen LogP contribution in [0.5, 0.6) is 0 Å². The van der Waals surface area contributed by atoms with Crippen molar-refractivity contribution in [1.29, 1.82) is 0 Å². The number of aliphatic hydroxyl groups is 1. The van der Waals surface area contributed by atoms with Gasteiger partial charge >= 0.3 is 17.9 Å². The van der Waals surface area contributed by atoms with Gasteiger partial charge in [-0.15, -0.1) is 11.3 Å². The molecule has 12 heteroatoms. The Morgan fingerprint density at radius 3 is 2.24 bits per heavy atom. The fourth-order valence-corrected chi connectivity index (χ4v) is 5.18. The zero-order valence-electron chi connectivity index (χ0n) is 19.8. The van der Waals surface area contributed by atoms with Gasteiger partial charge in [0, 0.05) is 23.2 Å². The van der Waals surface area contributed by atoms with E-state index in [0.717, 1.165) is 42.5 Å². The molecule has 0 amide bonds. The first-order valence-electron chi connectivity index (χ1n) is 11.5. The van der Waals surface area contributed by atoms with E-state index in [1.165, 1.54) is 4.88 Å². The molecule has 6 N–H and O–H groups in total. The van der Waals surface area contributed by atoms with Crippen molar-refractivity contribution < 1.29 is 39.2 Å². The van der Waals surface area contributed by atoms with Crippen molar-refractivity contribution in [3.63, 3.8) is 0 Å². The normalized spacial score (nSPS) is 14.5. The smallest absolute Gasteiger partial charge is 0.336 e. The highest BCUT2D eigenvalue weighted by Gasteiger charge is 2.41. The third-order valence-corrected chi connectivity index (χ3v) is 7.12. The first-order chi connectivity index (χ1) is 17.6. The zero-order valence-corrected chi connectivity index (χ0v) is 20.6. The van der Waals surface area contributed by atoms with Crippen LogP contribution in [0.15, 0.2) is 48.0 Å². The van der Waals surface area contributed by atoms with E-state index in [1.54, 1.807) is 23.5 Å². The number of carboxylic acid groups (broad SMARTS) is 3. The molecule has 1 aliphatic carbocycles. The van der Waals surface area contributed by atoms with Crippen molar-refractivity contribution in [1.82, 2.24) is 15.5 Å². The molecule has 1 aromatic carbocycles. The highest BCUT2D eigenvalue weighted by Crippen LogP contribution is 2.40. The lowest BCUT2D eigenvalue weighted by molar-refractivity contribution is -0.170. The van der Waals surface area contributed by atoms with Crippen molar-refractivity contribution in [2.45, 2.75) is 56.2 Å². The van der Waals surface area contributed by atoms with Crippen LogP contribution >= 0.6 is 11.3 Å². The number of aromatic nitrogens is 2. The standard InChI is InChI=1S/C19H20FN3S.C6H8O7/c20-16-7-2-1-6-15(16)19(9-3-4-10-19)21-12-14-13-22-23-18(14)17-8-5-11-24-17;7-3(8)1-6(13,5(11)12)2-4(9)10/h1-2,5-8,11,13,21H,3-4,9-10,12H2,(H,22,23);13H,1-2H2,(H,7,8)(H,9,10)(H,11,12). The Labute approximate surface area is 215 Å². The molecule has 0 saturated heterocycles. The number of rotatable bonds is 10. The van der Waals surface area contributed by atoms with Crippen LogP contribution < -0.4 is 5.32 Å². The summed E-state index contributed by atoms with van der Waals surface area (Å²) in [5.74, 6) is -5.13. The summed E-state index contributed by atoms with van der Waals surface area (Å²) in [6.45, 7) is 0.679. The summed E-state index contributed by atoms with van der Waals surface area (Å²) in [6.07, 6.45) is 3.78. The lowest BCUT2D eigenvalue weighted by Crippen LogP contribution is -2.42. The van der Waals surface area contributed by atoms with Crippen LogP contribution in [0.2, 0.25) is 0 Å². The quantitative estimate of drug-likeness (QED) is 0.228. The Balaban J connectivity index is 0.000000251. The third-order valence-electron chi connectivity index (χ3n) is 6.23. The van der Waals surface area contributed by atoms with Crippen LogP contribution in [-0.4, -0.2) is 54.1 Å². The number of benzene rings is 1. The number of hydrogen-bond acceptors (Lipinski definition) is 7. The van der Waals surface area contributed by atoms with Gasteiger partial charge in [-0.25, -0.2) is 9.18 Å². The van der Waals surface area contributed by atoms with E-state index in [4.69, 9.17) is 20.4 Å². The lowest BCUT2D eigenvalue weighted by atomic mass is 9.87. The van der Waals surface area contributed by atoms with Gasteiger partial charge in [0.25, 0.3) is 0 Å². The molecule has 0 unspecified atom stereocenters. The summed E-state index contributed by atoms with van der Waals surface area (Å²) < 4.78 is 14.4. The number of aromatic amines is 1. The van der Waals surface area contributed by atoms with E-state index in [0.29, 0.717) is 6.54 Å². The molecule has 1 fully saturated rings. The Kier molecular flexibility index (Phi) is 9.14. The number of carboxylic acids is 3. The maximum absolute atomic E-state index is 14.4. The van der Waals surface area contributed by atoms with Crippen molar-refractivity contribution in [2.75, 3.05) is 0 Å². The maximum Gasteiger partial charge on any atom is 0.336 e. The molecule has 0 radical (unpaired) electrons. The van der Waals surface area contributed by atoms with E-state index in [1.807, 2.05) is 24.4 Å². The molecule has 0 spiro atoms. The molecule has 37 heavy (non-hydrogen) atoms. The van der Waals surface area contributed by atoms with Gasteiger partial charge in [-0.3, -0.25) is 14.7 Å². The number of carbonyl (C=O) groups is 3. The molecule has 4 rings (SSSR count). The number of H-pyrrole nitrogens is 1. The van der Waals surface area contributed by atoms with E-state index in [9.17, 15) is 18.8 Å². The number of halogens is 1. The van der Waals surface area contributed by atoms with Gasteiger partial charge in [0.1, 0.15) is 5.82 Å². The van der Waals surface area contributed by atoms with Gasteiger partial charge in [-0.05, 0) is 30.4 Å². The number of nitrogens with zero attached hydrogens (tertiary/aromatic N) is 1. The van der Waals surface area contributed by atoms with Gasteiger partial charge in [0.15, 0.2) is 5.60 Å². The topological polar surface area (TPSA) is 173 Å². The van der Waals surface area contributed by atoms with Gasteiger partial charge in [0.05, 0.1) is 29.6 Å². The molecule has 10 nitrogen and oxygen atoms in total. The summed E-state index contributed by atoms with van der Waals surface area (Å²) in [5, 5.41) is 46.8. The molecule has 2 aromatic heterocycles. The Hall–Kier alpha value is -3.61. The molecule has 1 aliphatic rings. The van der Waals surface area contributed by atoms with Crippen molar-refractivity contribution >= 4 is 29.2 Å². The van der Waals surface area contributed by atoms with Gasteiger partial charge in [-0.2, -0.15) is 5.10 Å². The minimum Gasteiger partial charge on any atom is -0.481 e. The van der Waals surface area contributed by atoms with E-state index in [-0.39, 0.29) is 11.4 Å². The predicted octanol–water partition coefficient (Wildman–Crippen LogP) is 3.59. The van der Waals surface area contributed by atoms with Crippen molar-refractivity contribution in [3.8, 4) is 10.6 Å². The first kappa shape index (κ1) is 28.0. The van der Waals surface area contributed by atoms with Crippen LogP contribution in [0.4, 0.5) is 4.39 Å². The van der Waals surface area contributed by atoms with Crippen molar-refractivity contribution in [2.24, 2.45) is 0 Å². The SMILES string of the molecule is Fc1ccccc1C1(NCc2cn[nH]c2-c2cccs2)CCCC1.O=C(O)CC(O)(CC(=O)O)C(=O)O. The Bertz CT molecular complexity index is 1210. The second-order valence-electron chi connectivity index (χ2n) is 8.85. The average molecular weight is 534 g/mol. The minimum absolute atomic E-state index is 0.113. The van der Waals surface area contributed by atoms with Gasteiger partial charge < -0.3 is 25.7 Å². The molecule has 0 bridgehead atoms. The first-order valence-corrected chi connectivity index (χ1v) is 12.4. The largest absolute Gasteiger partial charge is 0.481 e. The highest BCUT2D eigenvalue weighted by atomic mass is 32.1. The van der Waals surface area contributed by atoms with Crippen LogP contribution in [0.25, 0.3) is 10.6 Å². The summed E-state index contributed by atoms with van der Waals surface area (Å²) in [5.41, 5.74) is -0.0320. The number of thiophene rings is 1. The molecule has 198 valence electrons. The summed E-state index contributed by atoms with van der Waals surface area (Å²) >= 11 is 1.69. The maximum atomic E-state index is 14.4. The number of nitrogens with one attached hydrogen (secondary N) is 2. The molecule has 0 aliphatic heterocycles.